The average Bonchev–Trinajstić information content (AvgIpc) is 2.78. The number of halogens is 1. The first-order valence-corrected chi connectivity index (χ1v) is 8.87. The van der Waals surface area contributed by atoms with Crippen LogP contribution in [0.5, 0.6) is 0 Å². The van der Waals surface area contributed by atoms with E-state index in [0.29, 0.717) is 0 Å². The summed E-state index contributed by atoms with van der Waals surface area (Å²) in [6, 6.07) is 10.8. The maximum absolute atomic E-state index is 13.3. The number of imidazole rings is 1. The number of fused-ring (bicyclic) bond motifs is 1. The molecule has 130 valence electrons. The van der Waals surface area contributed by atoms with Gasteiger partial charge in [-0.3, -0.25) is 4.90 Å². The van der Waals surface area contributed by atoms with Crippen molar-refractivity contribution in [1.29, 1.82) is 0 Å². The molecule has 0 bridgehead atoms. The van der Waals surface area contributed by atoms with E-state index in [-0.39, 0.29) is 5.82 Å². The fraction of sp³-hybridized carbons (Fsp3) is 0.350. The van der Waals surface area contributed by atoms with Crippen LogP contribution in [-0.4, -0.2) is 40.5 Å². The third kappa shape index (κ3) is 3.43. The molecule has 1 fully saturated rings. The largest absolute Gasteiger partial charge is 0.315 e. The summed E-state index contributed by atoms with van der Waals surface area (Å²) < 4.78 is 15.5. The summed E-state index contributed by atoms with van der Waals surface area (Å²) in [6.07, 6.45) is 3.25. The summed E-state index contributed by atoms with van der Waals surface area (Å²) in [4.78, 5) is 7.33. The molecule has 5 heteroatoms. The van der Waals surface area contributed by atoms with E-state index in [1.54, 1.807) is 0 Å². The lowest BCUT2D eigenvalue weighted by atomic mass is 10.1. The van der Waals surface area contributed by atoms with Gasteiger partial charge < -0.3 is 9.72 Å². The van der Waals surface area contributed by atoms with Crippen molar-refractivity contribution in [3.05, 3.63) is 59.7 Å². The zero-order valence-corrected chi connectivity index (χ0v) is 14.5. The van der Waals surface area contributed by atoms with Crippen LogP contribution in [0.4, 0.5) is 4.39 Å². The van der Waals surface area contributed by atoms with E-state index < -0.39 is 0 Å². The van der Waals surface area contributed by atoms with E-state index in [2.05, 4.69) is 39.9 Å². The SMILES string of the molecule is Cc1ccn2c(CN3CCCNCC3)c(-c3ccc(F)cc3)nc2c1. The second-order valence-electron chi connectivity index (χ2n) is 6.73. The molecule has 2 aromatic heterocycles. The van der Waals surface area contributed by atoms with Gasteiger partial charge in [0.05, 0.1) is 11.4 Å². The van der Waals surface area contributed by atoms with Gasteiger partial charge in [0.25, 0.3) is 0 Å². The Morgan fingerprint density at radius 2 is 1.96 bits per heavy atom. The van der Waals surface area contributed by atoms with Crippen molar-refractivity contribution in [2.75, 3.05) is 26.2 Å². The highest BCUT2D eigenvalue weighted by atomic mass is 19.1. The lowest BCUT2D eigenvalue weighted by Crippen LogP contribution is -2.28. The molecular weight excluding hydrogens is 315 g/mol. The second-order valence-corrected chi connectivity index (χ2v) is 6.73. The van der Waals surface area contributed by atoms with Gasteiger partial charge in [0.2, 0.25) is 0 Å². The van der Waals surface area contributed by atoms with Gasteiger partial charge in [-0.1, -0.05) is 0 Å². The quantitative estimate of drug-likeness (QED) is 0.796. The van der Waals surface area contributed by atoms with Crippen molar-refractivity contribution in [2.24, 2.45) is 0 Å². The smallest absolute Gasteiger partial charge is 0.137 e. The van der Waals surface area contributed by atoms with Crippen molar-refractivity contribution in [3.63, 3.8) is 0 Å². The van der Waals surface area contributed by atoms with Gasteiger partial charge in [0.1, 0.15) is 11.5 Å². The summed E-state index contributed by atoms with van der Waals surface area (Å²) in [7, 11) is 0. The summed E-state index contributed by atoms with van der Waals surface area (Å²) in [5, 5.41) is 3.45. The van der Waals surface area contributed by atoms with Gasteiger partial charge >= 0.3 is 0 Å². The molecule has 1 aliphatic rings. The van der Waals surface area contributed by atoms with E-state index in [4.69, 9.17) is 4.98 Å². The number of aryl methyl sites for hydroxylation is 1. The molecular formula is C20H23FN4. The monoisotopic (exact) mass is 338 g/mol. The highest BCUT2D eigenvalue weighted by Gasteiger charge is 2.18. The van der Waals surface area contributed by atoms with Gasteiger partial charge in [-0.25, -0.2) is 9.37 Å². The van der Waals surface area contributed by atoms with E-state index in [1.807, 2.05) is 12.1 Å². The standard InChI is InChI=1S/C20H23FN4/c1-15-7-11-25-18(14-24-10-2-8-22-9-12-24)20(23-19(25)13-15)16-3-5-17(21)6-4-16/h3-7,11,13,22H,2,8-10,12,14H2,1H3. The van der Waals surface area contributed by atoms with Gasteiger partial charge in [-0.2, -0.15) is 0 Å². The molecule has 0 aliphatic carbocycles. The Bertz CT molecular complexity index is 861. The first kappa shape index (κ1) is 16.2. The highest BCUT2D eigenvalue weighted by Crippen LogP contribution is 2.26. The molecule has 1 aromatic carbocycles. The normalized spacial score (nSPS) is 16.2. The lowest BCUT2D eigenvalue weighted by Gasteiger charge is -2.20. The van der Waals surface area contributed by atoms with Crippen LogP contribution in [0.3, 0.4) is 0 Å². The van der Waals surface area contributed by atoms with Gasteiger partial charge in [-0.05, 0) is 68.4 Å². The maximum Gasteiger partial charge on any atom is 0.137 e. The van der Waals surface area contributed by atoms with E-state index in [1.165, 1.54) is 23.4 Å². The number of hydrogen-bond acceptors (Lipinski definition) is 3. The van der Waals surface area contributed by atoms with Gasteiger partial charge in [0.15, 0.2) is 0 Å². The molecule has 0 atom stereocenters. The molecule has 0 saturated carbocycles. The van der Waals surface area contributed by atoms with Gasteiger partial charge in [-0.15, -0.1) is 0 Å². The van der Waals surface area contributed by atoms with Crippen LogP contribution in [0.2, 0.25) is 0 Å². The van der Waals surface area contributed by atoms with Crippen molar-refractivity contribution >= 4 is 5.65 Å². The van der Waals surface area contributed by atoms with E-state index >= 15 is 0 Å². The van der Waals surface area contributed by atoms with Crippen LogP contribution in [0.1, 0.15) is 17.7 Å². The zero-order chi connectivity index (χ0) is 17.2. The molecule has 25 heavy (non-hydrogen) atoms. The number of hydrogen-bond donors (Lipinski definition) is 1. The summed E-state index contributed by atoms with van der Waals surface area (Å²) in [5.74, 6) is -0.219. The first-order chi connectivity index (χ1) is 12.2. The minimum Gasteiger partial charge on any atom is -0.315 e. The molecule has 0 radical (unpaired) electrons. The lowest BCUT2D eigenvalue weighted by molar-refractivity contribution is 0.281. The average molecular weight is 338 g/mol. The van der Waals surface area contributed by atoms with Gasteiger partial charge in [0, 0.05) is 31.4 Å². The summed E-state index contributed by atoms with van der Waals surface area (Å²) in [6.45, 7) is 7.12. The third-order valence-electron chi connectivity index (χ3n) is 4.80. The van der Waals surface area contributed by atoms with Crippen LogP contribution in [0.15, 0.2) is 42.6 Å². The Kier molecular flexibility index (Phi) is 4.51. The molecule has 4 rings (SSSR count). The Labute approximate surface area is 147 Å². The molecule has 1 N–H and O–H groups in total. The minimum atomic E-state index is -0.219. The molecule has 0 unspecified atom stereocenters. The number of nitrogens with zero attached hydrogens (tertiary/aromatic N) is 3. The topological polar surface area (TPSA) is 32.6 Å². The van der Waals surface area contributed by atoms with Crippen LogP contribution < -0.4 is 5.32 Å². The predicted octanol–water partition coefficient (Wildman–Crippen LogP) is 3.24. The molecule has 1 saturated heterocycles. The van der Waals surface area contributed by atoms with E-state index in [9.17, 15) is 4.39 Å². The molecule has 3 aromatic rings. The number of rotatable bonds is 3. The van der Waals surface area contributed by atoms with Crippen molar-refractivity contribution < 1.29 is 4.39 Å². The summed E-state index contributed by atoms with van der Waals surface area (Å²) >= 11 is 0. The fourth-order valence-electron chi connectivity index (χ4n) is 3.46. The fourth-order valence-corrected chi connectivity index (χ4v) is 3.46. The molecule has 3 heterocycles. The van der Waals surface area contributed by atoms with Crippen molar-refractivity contribution in [1.82, 2.24) is 19.6 Å². The Morgan fingerprint density at radius 3 is 2.80 bits per heavy atom. The maximum atomic E-state index is 13.3. The number of aromatic nitrogens is 2. The number of benzene rings is 1. The number of pyridine rings is 1. The Balaban J connectivity index is 1.78. The highest BCUT2D eigenvalue weighted by molar-refractivity contribution is 5.66. The second kappa shape index (κ2) is 6.94. The van der Waals surface area contributed by atoms with Crippen molar-refractivity contribution in [3.8, 4) is 11.3 Å². The van der Waals surface area contributed by atoms with Crippen LogP contribution >= 0.6 is 0 Å². The van der Waals surface area contributed by atoms with E-state index in [0.717, 1.165) is 56.0 Å². The van der Waals surface area contributed by atoms with Crippen LogP contribution in [0, 0.1) is 12.7 Å². The Hall–Kier alpha value is -2.24. The number of nitrogens with one attached hydrogen (secondary N) is 1. The Morgan fingerprint density at radius 1 is 1.12 bits per heavy atom. The minimum absolute atomic E-state index is 0.219. The molecule has 0 amide bonds. The van der Waals surface area contributed by atoms with Crippen LogP contribution in [0.25, 0.3) is 16.9 Å². The predicted molar refractivity (Wildman–Crippen MR) is 98.1 cm³/mol. The molecule has 4 nitrogen and oxygen atoms in total. The van der Waals surface area contributed by atoms with Crippen LogP contribution in [-0.2, 0) is 6.54 Å². The summed E-state index contributed by atoms with van der Waals surface area (Å²) in [5.41, 5.74) is 5.22. The molecule has 0 spiro atoms. The van der Waals surface area contributed by atoms with Crippen molar-refractivity contribution in [2.45, 2.75) is 19.9 Å². The third-order valence-corrected chi connectivity index (χ3v) is 4.80. The molecule has 1 aliphatic heterocycles. The first-order valence-electron chi connectivity index (χ1n) is 8.87. The zero-order valence-electron chi connectivity index (χ0n) is 14.5.